The zero-order chi connectivity index (χ0) is 21.5. The van der Waals surface area contributed by atoms with Gasteiger partial charge in [-0.05, 0) is 36.9 Å². The lowest BCUT2D eigenvalue weighted by atomic mass is 10.1. The summed E-state index contributed by atoms with van der Waals surface area (Å²) in [6.45, 7) is 1.14. The number of nitrogen functional groups attached to an aromatic ring is 1. The molecule has 1 heterocycles. The molecule has 9 nitrogen and oxygen atoms in total. The minimum atomic E-state index is -0.106. The van der Waals surface area contributed by atoms with Gasteiger partial charge in [-0.15, -0.1) is 0 Å². The number of para-hydroxylation sites is 2. The summed E-state index contributed by atoms with van der Waals surface area (Å²) in [4.78, 5) is 26.6. The standard InChI is InChI=1S/C21H25N7O2/c1-23-19(29)15-10-8-14(9-11-15)12-28(2)13-18-25-20(22)27-21(26-18)24-16-6-4-5-7-17(16)30-3/h4-11H,12-13H2,1-3H3,(H,23,29)(H3,22,24,25,26,27). The quantitative estimate of drug-likeness (QED) is 0.520. The average molecular weight is 407 g/mol. The number of amides is 1. The first-order valence-electron chi connectivity index (χ1n) is 9.38. The van der Waals surface area contributed by atoms with Gasteiger partial charge in [-0.1, -0.05) is 24.3 Å². The third-order valence-electron chi connectivity index (χ3n) is 4.36. The van der Waals surface area contributed by atoms with Crippen LogP contribution in [0.15, 0.2) is 48.5 Å². The number of hydrogen-bond acceptors (Lipinski definition) is 8. The second kappa shape index (κ2) is 9.66. The predicted molar refractivity (Wildman–Crippen MR) is 116 cm³/mol. The molecule has 0 unspecified atom stereocenters. The minimum Gasteiger partial charge on any atom is -0.495 e. The number of carbonyl (C=O) groups excluding carboxylic acids is 1. The number of hydrogen-bond donors (Lipinski definition) is 3. The molecular weight excluding hydrogens is 382 g/mol. The van der Waals surface area contributed by atoms with E-state index in [9.17, 15) is 4.79 Å². The van der Waals surface area contributed by atoms with Gasteiger partial charge in [0.15, 0.2) is 0 Å². The van der Waals surface area contributed by atoms with E-state index in [-0.39, 0.29) is 11.9 Å². The topological polar surface area (TPSA) is 118 Å². The summed E-state index contributed by atoms with van der Waals surface area (Å²) in [5.41, 5.74) is 8.31. The Kier molecular flexibility index (Phi) is 6.76. The molecule has 0 aliphatic heterocycles. The highest BCUT2D eigenvalue weighted by Gasteiger charge is 2.11. The van der Waals surface area contributed by atoms with Crippen molar-refractivity contribution >= 4 is 23.5 Å². The molecule has 30 heavy (non-hydrogen) atoms. The number of nitrogens with two attached hydrogens (primary N) is 1. The lowest BCUT2D eigenvalue weighted by Gasteiger charge is -2.17. The maximum atomic E-state index is 11.7. The minimum absolute atomic E-state index is 0.106. The molecule has 4 N–H and O–H groups in total. The normalized spacial score (nSPS) is 10.7. The van der Waals surface area contributed by atoms with E-state index in [1.807, 2.05) is 43.4 Å². The Labute approximate surface area is 175 Å². The molecule has 1 aromatic heterocycles. The maximum absolute atomic E-state index is 11.7. The van der Waals surface area contributed by atoms with Gasteiger partial charge >= 0.3 is 0 Å². The maximum Gasteiger partial charge on any atom is 0.251 e. The van der Waals surface area contributed by atoms with E-state index in [1.165, 1.54) is 0 Å². The van der Waals surface area contributed by atoms with Crippen LogP contribution in [0.5, 0.6) is 5.75 Å². The number of carbonyl (C=O) groups is 1. The Hall–Kier alpha value is -3.72. The second-order valence-corrected chi connectivity index (χ2v) is 6.71. The number of aromatic nitrogens is 3. The van der Waals surface area contributed by atoms with Crippen LogP contribution in [0.25, 0.3) is 0 Å². The zero-order valence-electron chi connectivity index (χ0n) is 17.2. The number of nitrogens with one attached hydrogen (secondary N) is 2. The van der Waals surface area contributed by atoms with Crippen molar-refractivity contribution < 1.29 is 9.53 Å². The van der Waals surface area contributed by atoms with Crippen LogP contribution in [0.3, 0.4) is 0 Å². The van der Waals surface area contributed by atoms with E-state index >= 15 is 0 Å². The fourth-order valence-corrected chi connectivity index (χ4v) is 2.95. The van der Waals surface area contributed by atoms with Crippen LogP contribution in [-0.4, -0.2) is 47.0 Å². The highest BCUT2D eigenvalue weighted by Crippen LogP contribution is 2.25. The molecule has 2 aromatic carbocycles. The molecule has 3 aromatic rings. The summed E-state index contributed by atoms with van der Waals surface area (Å²) in [5, 5.41) is 5.74. The summed E-state index contributed by atoms with van der Waals surface area (Å²) in [5.74, 6) is 1.61. The SMILES string of the molecule is CNC(=O)c1ccc(CN(C)Cc2nc(N)nc(Nc3ccccc3OC)n2)cc1. The van der Waals surface area contributed by atoms with Gasteiger partial charge in [-0.25, -0.2) is 0 Å². The van der Waals surface area contributed by atoms with Crippen LogP contribution >= 0.6 is 0 Å². The van der Waals surface area contributed by atoms with Gasteiger partial charge in [-0.2, -0.15) is 15.0 Å². The molecule has 0 aliphatic rings. The van der Waals surface area contributed by atoms with E-state index in [0.29, 0.717) is 36.2 Å². The van der Waals surface area contributed by atoms with Crippen LogP contribution in [0.2, 0.25) is 0 Å². The number of methoxy groups -OCH3 is 1. The lowest BCUT2D eigenvalue weighted by molar-refractivity contribution is 0.0963. The van der Waals surface area contributed by atoms with Crippen molar-refractivity contribution in [1.29, 1.82) is 0 Å². The monoisotopic (exact) mass is 407 g/mol. The van der Waals surface area contributed by atoms with Crippen molar-refractivity contribution in [2.45, 2.75) is 13.1 Å². The van der Waals surface area contributed by atoms with Crippen molar-refractivity contribution in [2.75, 3.05) is 32.3 Å². The molecule has 0 aliphatic carbocycles. The summed E-state index contributed by atoms with van der Waals surface area (Å²) in [6, 6.07) is 14.9. The number of ether oxygens (including phenoxy) is 1. The fraction of sp³-hybridized carbons (Fsp3) is 0.238. The van der Waals surface area contributed by atoms with Crippen LogP contribution in [0.1, 0.15) is 21.7 Å². The van der Waals surface area contributed by atoms with E-state index < -0.39 is 0 Å². The Morgan fingerprint density at radius 2 is 1.80 bits per heavy atom. The van der Waals surface area contributed by atoms with Crippen molar-refractivity contribution in [2.24, 2.45) is 0 Å². The van der Waals surface area contributed by atoms with Gasteiger partial charge < -0.3 is 21.1 Å². The van der Waals surface area contributed by atoms with Crippen molar-refractivity contribution in [3.63, 3.8) is 0 Å². The van der Waals surface area contributed by atoms with Crippen molar-refractivity contribution in [3.05, 3.63) is 65.5 Å². The molecule has 1 amide bonds. The number of benzene rings is 2. The van der Waals surface area contributed by atoms with E-state index in [0.717, 1.165) is 11.3 Å². The molecule has 9 heteroatoms. The zero-order valence-corrected chi connectivity index (χ0v) is 17.2. The Morgan fingerprint density at radius 1 is 1.07 bits per heavy atom. The first-order chi connectivity index (χ1) is 14.5. The largest absolute Gasteiger partial charge is 0.495 e. The summed E-state index contributed by atoms with van der Waals surface area (Å²) in [6.07, 6.45) is 0. The third-order valence-corrected chi connectivity index (χ3v) is 4.36. The number of nitrogens with zero attached hydrogens (tertiary/aromatic N) is 4. The second-order valence-electron chi connectivity index (χ2n) is 6.71. The van der Waals surface area contributed by atoms with Gasteiger partial charge in [0, 0.05) is 19.2 Å². The smallest absolute Gasteiger partial charge is 0.251 e. The molecule has 0 saturated carbocycles. The Balaban J connectivity index is 1.68. The molecule has 0 atom stereocenters. The van der Waals surface area contributed by atoms with Crippen molar-refractivity contribution in [1.82, 2.24) is 25.2 Å². The lowest BCUT2D eigenvalue weighted by Crippen LogP contribution is -2.20. The fourth-order valence-electron chi connectivity index (χ4n) is 2.95. The molecule has 0 spiro atoms. The summed E-state index contributed by atoms with van der Waals surface area (Å²) in [7, 11) is 5.17. The van der Waals surface area contributed by atoms with Gasteiger partial charge in [0.1, 0.15) is 11.6 Å². The highest BCUT2D eigenvalue weighted by atomic mass is 16.5. The Bertz CT molecular complexity index is 1010. The van der Waals surface area contributed by atoms with Crippen LogP contribution in [0.4, 0.5) is 17.6 Å². The van der Waals surface area contributed by atoms with Gasteiger partial charge in [0.05, 0.1) is 19.3 Å². The van der Waals surface area contributed by atoms with E-state index in [2.05, 4.69) is 30.5 Å². The van der Waals surface area contributed by atoms with Crippen LogP contribution in [0, 0.1) is 0 Å². The third kappa shape index (κ3) is 5.42. The first-order valence-corrected chi connectivity index (χ1v) is 9.38. The molecule has 0 radical (unpaired) electrons. The molecular formula is C21H25N7O2. The highest BCUT2D eigenvalue weighted by molar-refractivity contribution is 5.93. The number of rotatable bonds is 8. The average Bonchev–Trinajstić information content (AvgIpc) is 2.73. The first kappa shape index (κ1) is 21.0. The molecule has 156 valence electrons. The summed E-state index contributed by atoms with van der Waals surface area (Å²) < 4.78 is 5.34. The van der Waals surface area contributed by atoms with Crippen LogP contribution < -0.4 is 21.1 Å². The van der Waals surface area contributed by atoms with Crippen molar-refractivity contribution in [3.8, 4) is 5.75 Å². The predicted octanol–water partition coefficient (Wildman–Crippen LogP) is 2.20. The molecule has 0 fully saturated rings. The summed E-state index contributed by atoms with van der Waals surface area (Å²) >= 11 is 0. The van der Waals surface area contributed by atoms with E-state index in [1.54, 1.807) is 26.3 Å². The molecule has 0 bridgehead atoms. The van der Waals surface area contributed by atoms with Crippen LogP contribution in [-0.2, 0) is 13.1 Å². The van der Waals surface area contributed by atoms with E-state index in [4.69, 9.17) is 10.5 Å². The van der Waals surface area contributed by atoms with Gasteiger partial charge in [0.25, 0.3) is 5.91 Å². The molecule has 0 saturated heterocycles. The Morgan fingerprint density at radius 3 is 2.50 bits per heavy atom. The molecule has 3 rings (SSSR count). The van der Waals surface area contributed by atoms with Gasteiger partial charge in [-0.3, -0.25) is 9.69 Å². The number of anilines is 3. The van der Waals surface area contributed by atoms with Gasteiger partial charge in [0.2, 0.25) is 11.9 Å².